The van der Waals surface area contributed by atoms with Crippen LogP contribution in [0.15, 0.2) is 35.6 Å². The van der Waals surface area contributed by atoms with Crippen LogP contribution in [-0.2, 0) is 23.0 Å². The third-order valence-corrected chi connectivity index (χ3v) is 5.23. The highest BCUT2D eigenvalue weighted by Crippen LogP contribution is 2.23. The molecule has 2 N–H and O–H groups in total. The minimum atomic E-state index is -3.64. The summed E-state index contributed by atoms with van der Waals surface area (Å²) in [4.78, 5) is 23.0. The van der Waals surface area contributed by atoms with Crippen LogP contribution in [0, 0.1) is 0 Å². The first-order valence-electron chi connectivity index (χ1n) is 6.53. The smallest absolute Gasteiger partial charge is 0.286 e. The largest absolute Gasteiger partial charge is 0.363 e. The van der Waals surface area contributed by atoms with Crippen LogP contribution < -0.4 is 5.73 Å². The van der Waals surface area contributed by atoms with E-state index in [4.69, 9.17) is 5.73 Å². The van der Waals surface area contributed by atoms with Crippen LogP contribution in [0.2, 0.25) is 0 Å². The normalized spacial score (nSPS) is 15.3. The lowest BCUT2D eigenvalue weighted by Crippen LogP contribution is -2.37. The van der Waals surface area contributed by atoms with E-state index >= 15 is 0 Å². The van der Waals surface area contributed by atoms with Gasteiger partial charge in [-0.1, -0.05) is 0 Å². The van der Waals surface area contributed by atoms with E-state index in [0.29, 0.717) is 18.7 Å². The van der Waals surface area contributed by atoms with Crippen molar-refractivity contribution < 1.29 is 13.2 Å². The summed E-state index contributed by atoms with van der Waals surface area (Å²) >= 11 is 0. The molecule has 1 amide bonds. The molecule has 0 radical (unpaired) electrons. The number of sulfonamides is 1. The number of primary amides is 1. The highest BCUT2D eigenvalue weighted by atomic mass is 32.2. The Hall–Kier alpha value is -2.39. The van der Waals surface area contributed by atoms with Crippen LogP contribution in [-0.4, -0.2) is 40.1 Å². The number of rotatable bonds is 3. The molecular formula is C13H13N5O3S. The van der Waals surface area contributed by atoms with Crippen molar-refractivity contribution in [2.24, 2.45) is 5.73 Å². The summed E-state index contributed by atoms with van der Waals surface area (Å²) in [6.07, 6.45) is 4.82. The molecule has 9 heteroatoms. The molecule has 0 bridgehead atoms. The minimum absolute atomic E-state index is 0.0787. The predicted molar refractivity (Wildman–Crippen MR) is 76.1 cm³/mol. The molecule has 22 heavy (non-hydrogen) atoms. The number of pyridine rings is 1. The van der Waals surface area contributed by atoms with Gasteiger partial charge in [-0.15, -0.1) is 0 Å². The van der Waals surface area contributed by atoms with E-state index in [-0.39, 0.29) is 17.3 Å². The van der Waals surface area contributed by atoms with E-state index < -0.39 is 15.9 Å². The Morgan fingerprint density at radius 2 is 2.14 bits per heavy atom. The van der Waals surface area contributed by atoms with Crippen molar-refractivity contribution in [1.82, 2.24) is 19.3 Å². The highest BCUT2D eigenvalue weighted by molar-refractivity contribution is 7.89. The van der Waals surface area contributed by atoms with E-state index in [9.17, 15) is 13.2 Å². The van der Waals surface area contributed by atoms with Gasteiger partial charge in [0.25, 0.3) is 5.91 Å². The van der Waals surface area contributed by atoms with Gasteiger partial charge < -0.3 is 5.73 Å². The molecule has 0 unspecified atom stereocenters. The number of carbonyl (C=O) groups is 1. The fraction of sp³-hybridized carbons (Fsp3) is 0.231. The predicted octanol–water partition coefficient (Wildman–Crippen LogP) is -0.283. The van der Waals surface area contributed by atoms with Gasteiger partial charge in [-0.2, -0.15) is 4.31 Å². The molecule has 0 saturated carbocycles. The second kappa shape index (κ2) is 5.43. The molecule has 0 fully saturated rings. The third kappa shape index (κ3) is 2.55. The Kier molecular flexibility index (Phi) is 3.59. The van der Waals surface area contributed by atoms with Crippen molar-refractivity contribution in [3.63, 3.8) is 0 Å². The van der Waals surface area contributed by atoms with Crippen LogP contribution in [0.3, 0.4) is 0 Å². The van der Waals surface area contributed by atoms with E-state index in [2.05, 4.69) is 15.0 Å². The summed E-state index contributed by atoms with van der Waals surface area (Å²) in [6.45, 7) is 0.402. The minimum Gasteiger partial charge on any atom is -0.363 e. The molecule has 0 atom stereocenters. The fourth-order valence-corrected chi connectivity index (χ4v) is 3.62. The number of aromatic nitrogens is 3. The standard InChI is InChI=1S/C13H13N5O3S/c14-12(19)13-16-6-9-3-5-18(8-11(9)17-13)22(20,21)10-2-1-4-15-7-10/h1-2,4,6-7H,3,5,8H2,(H2,14,19). The topological polar surface area (TPSA) is 119 Å². The van der Waals surface area contributed by atoms with Crippen LogP contribution in [0.5, 0.6) is 0 Å². The van der Waals surface area contributed by atoms with Crippen molar-refractivity contribution in [3.8, 4) is 0 Å². The first-order chi connectivity index (χ1) is 10.5. The average molecular weight is 319 g/mol. The number of nitrogens with two attached hydrogens (primary N) is 1. The summed E-state index contributed by atoms with van der Waals surface area (Å²) in [5, 5.41) is 0. The number of nitrogens with zero attached hydrogens (tertiary/aromatic N) is 4. The number of carbonyl (C=O) groups excluding carboxylic acids is 1. The first-order valence-corrected chi connectivity index (χ1v) is 7.97. The molecule has 8 nitrogen and oxygen atoms in total. The maximum Gasteiger partial charge on any atom is 0.286 e. The third-order valence-electron chi connectivity index (χ3n) is 3.40. The van der Waals surface area contributed by atoms with Crippen molar-refractivity contribution in [2.45, 2.75) is 17.9 Å². The molecule has 0 aliphatic carbocycles. The Labute approximate surface area is 127 Å². The van der Waals surface area contributed by atoms with Gasteiger partial charge in [-0.25, -0.2) is 18.4 Å². The Balaban J connectivity index is 1.94. The zero-order chi connectivity index (χ0) is 15.7. The SMILES string of the molecule is NC(=O)c1ncc2c(n1)CN(S(=O)(=O)c1cccnc1)CC2. The van der Waals surface area contributed by atoms with Gasteiger partial charge >= 0.3 is 0 Å². The molecule has 0 spiro atoms. The highest BCUT2D eigenvalue weighted by Gasteiger charge is 2.29. The second-order valence-corrected chi connectivity index (χ2v) is 6.75. The molecule has 2 aromatic heterocycles. The van der Waals surface area contributed by atoms with E-state index in [1.807, 2.05) is 0 Å². The van der Waals surface area contributed by atoms with E-state index in [1.165, 1.54) is 29.0 Å². The van der Waals surface area contributed by atoms with Gasteiger partial charge in [0, 0.05) is 25.1 Å². The average Bonchev–Trinajstić information content (AvgIpc) is 2.54. The van der Waals surface area contributed by atoms with Gasteiger partial charge in [-0.05, 0) is 24.1 Å². The lowest BCUT2D eigenvalue weighted by atomic mass is 10.1. The quantitative estimate of drug-likeness (QED) is 0.831. The lowest BCUT2D eigenvalue weighted by Gasteiger charge is -2.27. The summed E-state index contributed by atoms with van der Waals surface area (Å²) in [7, 11) is -3.64. The van der Waals surface area contributed by atoms with Gasteiger partial charge in [0.2, 0.25) is 15.8 Å². The fourth-order valence-electron chi connectivity index (χ4n) is 2.25. The summed E-state index contributed by atoms with van der Waals surface area (Å²) in [5.41, 5.74) is 6.48. The van der Waals surface area contributed by atoms with Crippen LogP contribution in [0.4, 0.5) is 0 Å². The molecule has 0 aromatic carbocycles. The van der Waals surface area contributed by atoms with Crippen molar-refractivity contribution in [3.05, 3.63) is 47.8 Å². The first kappa shape index (κ1) is 14.5. The van der Waals surface area contributed by atoms with Crippen molar-refractivity contribution in [2.75, 3.05) is 6.54 Å². The van der Waals surface area contributed by atoms with Gasteiger partial charge in [0.15, 0.2) is 0 Å². The maximum atomic E-state index is 12.6. The van der Waals surface area contributed by atoms with Crippen LogP contribution in [0.25, 0.3) is 0 Å². The zero-order valence-electron chi connectivity index (χ0n) is 11.5. The van der Waals surface area contributed by atoms with E-state index in [1.54, 1.807) is 6.07 Å². The summed E-state index contributed by atoms with van der Waals surface area (Å²) in [5.74, 6) is -0.852. The number of fused-ring (bicyclic) bond motifs is 1. The maximum absolute atomic E-state index is 12.6. The molecule has 1 aliphatic rings. The number of hydrogen-bond acceptors (Lipinski definition) is 6. The molecular weight excluding hydrogens is 306 g/mol. The lowest BCUT2D eigenvalue weighted by molar-refractivity contribution is 0.0990. The van der Waals surface area contributed by atoms with Crippen LogP contribution >= 0.6 is 0 Å². The van der Waals surface area contributed by atoms with Crippen molar-refractivity contribution in [1.29, 1.82) is 0 Å². The van der Waals surface area contributed by atoms with Crippen LogP contribution in [0.1, 0.15) is 21.9 Å². The summed E-state index contributed by atoms with van der Waals surface area (Å²) < 4.78 is 26.4. The monoisotopic (exact) mass is 319 g/mol. The Bertz CT molecular complexity index is 823. The molecule has 0 saturated heterocycles. The zero-order valence-corrected chi connectivity index (χ0v) is 12.3. The molecule has 2 aromatic rings. The molecule has 114 valence electrons. The molecule has 1 aliphatic heterocycles. The molecule has 3 rings (SSSR count). The van der Waals surface area contributed by atoms with Gasteiger partial charge in [0.1, 0.15) is 4.90 Å². The number of amides is 1. The van der Waals surface area contributed by atoms with E-state index in [0.717, 1.165) is 5.56 Å². The van der Waals surface area contributed by atoms with Crippen molar-refractivity contribution >= 4 is 15.9 Å². The molecule has 3 heterocycles. The van der Waals surface area contributed by atoms with Gasteiger partial charge in [-0.3, -0.25) is 9.78 Å². The second-order valence-electron chi connectivity index (χ2n) is 4.81. The van der Waals surface area contributed by atoms with Gasteiger partial charge in [0.05, 0.1) is 12.2 Å². The summed E-state index contributed by atoms with van der Waals surface area (Å²) in [6, 6.07) is 3.06. The Morgan fingerprint density at radius 1 is 1.32 bits per heavy atom. The number of hydrogen-bond donors (Lipinski definition) is 1. The Morgan fingerprint density at radius 3 is 2.82 bits per heavy atom.